The van der Waals surface area contributed by atoms with Crippen molar-refractivity contribution in [1.29, 1.82) is 0 Å². The molecule has 3 nitrogen and oxygen atoms in total. The molecule has 4 aromatic carbocycles. The second kappa shape index (κ2) is 13.4. The lowest BCUT2D eigenvalue weighted by Gasteiger charge is -2.26. The number of hydrogen-bond acceptors (Lipinski definition) is 2. The molecule has 50 heavy (non-hydrogen) atoms. The van der Waals surface area contributed by atoms with Crippen molar-refractivity contribution in [1.82, 2.24) is 4.58 Å². The van der Waals surface area contributed by atoms with Crippen LogP contribution >= 0.6 is 23.2 Å². The van der Waals surface area contributed by atoms with Crippen molar-refractivity contribution >= 4 is 51.7 Å². The van der Waals surface area contributed by atoms with Gasteiger partial charge in [0.25, 0.3) is 0 Å². The zero-order chi connectivity index (χ0) is 35.2. The molecule has 0 saturated heterocycles. The highest BCUT2D eigenvalue weighted by atomic mass is 35.5. The maximum atomic E-state index is 6.44. The number of para-hydroxylation sites is 2. The van der Waals surface area contributed by atoms with E-state index >= 15 is 0 Å². The predicted molar refractivity (Wildman–Crippen MR) is 216 cm³/mol. The maximum Gasteiger partial charge on any atom is 0.218 e. The van der Waals surface area contributed by atoms with E-state index in [2.05, 4.69) is 153 Å². The topological polar surface area (TPSA) is 9.49 Å². The van der Waals surface area contributed by atoms with Crippen molar-refractivity contribution in [2.24, 2.45) is 0 Å². The van der Waals surface area contributed by atoms with Crippen molar-refractivity contribution in [2.75, 3.05) is 22.9 Å². The van der Waals surface area contributed by atoms with Gasteiger partial charge in [0.05, 0.1) is 0 Å². The summed E-state index contributed by atoms with van der Waals surface area (Å²) in [6, 6.07) is 34.0. The van der Waals surface area contributed by atoms with Crippen molar-refractivity contribution in [3.63, 3.8) is 0 Å². The lowest BCUT2D eigenvalue weighted by atomic mass is 9.83. The minimum Gasteiger partial charge on any atom is -0.344 e. The molecule has 0 aromatic heterocycles. The summed E-state index contributed by atoms with van der Waals surface area (Å²) in [6.45, 7) is 15.7. The van der Waals surface area contributed by atoms with Crippen LogP contribution in [0.5, 0.6) is 0 Å². The van der Waals surface area contributed by atoms with Crippen LogP contribution < -0.4 is 14.4 Å². The summed E-state index contributed by atoms with van der Waals surface area (Å²) in [7, 11) is 0. The Balaban J connectivity index is 1.44. The number of rotatable bonds is 6. The van der Waals surface area contributed by atoms with E-state index in [-0.39, 0.29) is 10.8 Å². The van der Waals surface area contributed by atoms with Gasteiger partial charge in [0.1, 0.15) is 0 Å². The fraction of sp³-hybridized carbons (Fsp3) is 0.267. The molecule has 1 saturated carbocycles. The zero-order valence-corrected chi connectivity index (χ0v) is 31.5. The Morgan fingerprint density at radius 2 is 0.940 bits per heavy atom. The summed E-state index contributed by atoms with van der Waals surface area (Å²) < 4.78 is 2.38. The highest BCUT2D eigenvalue weighted by Crippen LogP contribution is 2.49. The SMILES string of the molecule is CCN1C(=CC=C2CCC(=CC=C3N(CC)c4ccccc4C3(C)C)C2=[N+](c2ccc(Cl)cc2)c2ccc(Cl)cc2)C(C)(C)c2ccccc21. The lowest BCUT2D eigenvalue weighted by Crippen LogP contribution is -2.26. The molecule has 0 unspecified atom stereocenters. The molecule has 0 atom stereocenters. The highest BCUT2D eigenvalue weighted by molar-refractivity contribution is 6.31. The summed E-state index contributed by atoms with van der Waals surface area (Å²) in [5, 5.41) is 1.43. The van der Waals surface area contributed by atoms with Crippen LogP contribution in [0, 0.1) is 0 Å². The molecule has 254 valence electrons. The quantitative estimate of drug-likeness (QED) is 0.185. The normalized spacial score (nSPS) is 20.8. The van der Waals surface area contributed by atoms with Gasteiger partial charge in [0.2, 0.25) is 17.1 Å². The summed E-state index contributed by atoms with van der Waals surface area (Å²) in [6.07, 6.45) is 11.4. The molecule has 0 N–H and O–H groups in total. The zero-order valence-electron chi connectivity index (χ0n) is 30.0. The third-order valence-electron chi connectivity index (χ3n) is 10.8. The van der Waals surface area contributed by atoms with E-state index < -0.39 is 0 Å². The van der Waals surface area contributed by atoms with E-state index in [0.29, 0.717) is 10.0 Å². The monoisotopic (exact) mass is 698 g/mol. The number of likely N-dealkylation sites (N-methyl/N-ethyl adjacent to an activating group) is 2. The van der Waals surface area contributed by atoms with Gasteiger partial charge < -0.3 is 9.80 Å². The number of halogens is 2. The van der Waals surface area contributed by atoms with Gasteiger partial charge in [-0.3, -0.25) is 0 Å². The van der Waals surface area contributed by atoms with E-state index in [1.165, 1.54) is 50.8 Å². The van der Waals surface area contributed by atoms with Crippen molar-refractivity contribution in [3.05, 3.63) is 165 Å². The Morgan fingerprint density at radius 3 is 1.32 bits per heavy atom. The first-order valence-electron chi connectivity index (χ1n) is 17.8. The largest absolute Gasteiger partial charge is 0.344 e. The predicted octanol–water partition coefficient (Wildman–Crippen LogP) is 12.3. The number of allylic oxidation sites excluding steroid dienone is 8. The van der Waals surface area contributed by atoms with Crippen molar-refractivity contribution < 1.29 is 0 Å². The first-order valence-corrected chi connectivity index (χ1v) is 18.6. The number of nitrogens with zero attached hydrogens (tertiary/aromatic N) is 3. The molecule has 1 fully saturated rings. The van der Waals surface area contributed by atoms with Crippen LogP contribution in [0.2, 0.25) is 10.0 Å². The van der Waals surface area contributed by atoms with E-state index in [1.54, 1.807) is 0 Å². The second-order valence-electron chi connectivity index (χ2n) is 14.4. The van der Waals surface area contributed by atoms with Crippen LogP contribution in [0.15, 0.2) is 144 Å². The van der Waals surface area contributed by atoms with Crippen LogP contribution in [0.4, 0.5) is 22.7 Å². The minimum atomic E-state index is -0.107. The van der Waals surface area contributed by atoms with Crippen molar-refractivity contribution in [3.8, 4) is 0 Å². The molecule has 4 aromatic rings. The molecule has 1 aliphatic carbocycles. The van der Waals surface area contributed by atoms with Gasteiger partial charge in [-0.25, -0.2) is 0 Å². The van der Waals surface area contributed by atoms with E-state index in [0.717, 1.165) is 37.3 Å². The van der Waals surface area contributed by atoms with Gasteiger partial charge in [-0.2, -0.15) is 4.58 Å². The Morgan fingerprint density at radius 1 is 0.560 bits per heavy atom. The van der Waals surface area contributed by atoms with Gasteiger partial charge >= 0.3 is 0 Å². The Labute approximate surface area is 308 Å². The molecule has 7 rings (SSSR count). The van der Waals surface area contributed by atoms with Gasteiger partial charge in [-0.15, -0.1) is 0 Å². The van der Waals surface area contributed by atoms with Crippen LogP contribution in [0.3, 0.4) is 0 Å². The molecular weight excluding hydrogens is 653 g/mol. The van der Waals surface area contributed by atoms with Gasteiger partial charge in [-0.05, 0) is 86.4 Å². The van der Waals surface area contributed by atoms with Crippen LogP contribution in [0.25, 0.3) is 0 Å². The smallest absolute Gasteiger partial charge is 0.218 e. The summed E-state index contributed by atoms with van der Waals surface area (Å²) in [5.74, 6) is 0. The number of anilines is 2. The molecule has 2 heterocycles. The van der Waals surface area contributed by atoms with E-state index in [1.807, 2.05) is 24.3 Å². The van der Waals surface area contributed by atoms with Crippen LogP contribution in [-0.2, 0) is 10.8 Å². The third kappa shape index (κ3) is 5.85. The van der Waals surface area contributed by atoms with E-state index in [4.69, 9.17) is 23.2 Å². The minimum absolute atomic E-state index is 0.107. The van der Waals surface area contributed by atoms with E-state index in [9.17, 15) is 0 Å². The highest BCUT2D eigenvalue weighted by Gasteiger charge is 2.41. The summed E-state index contributed by atoms with van der Waals surface area (Å²) in [4.78, 5) is 4.94. The molecular formula is C45H46Cl2N3+. The number of benzene rings is 4. The lowest BCUT2D eigenvalue weighted by molar-refractivity contribution is 0.633. The molecule has 3 aliphatic rings. The molecule has 2 aliphatic heterocycles. The van der Waals surface area contributed by atoms with Gasteiger partial charge in [0, 0.05) is 92.1 Å². The Bertz CT molecular complexity index is 1940. The first-order chi connectivity index (χ1) is 24.1. The average molecular weight is 700 g/mol. The molecule has 5 heteroatoms. The Hall–Kier alpha value is -4.31. The fourth-order valence-corrected chi connectivity index (χ4v) is 8.49. The maximum absolute atomic E-state index is 6.44. The number of fused-ring (bicyclic) bond motifs is 2. The standard InChI is InChI=1S/C45H46Cl2N3/c1-7-48-39-15-11-9-13-37(39)44(3,4)41(48)29-19-31-17-18-32(20-30-42-45(5,6)38-14-10-12-16-40(38)49(42)8-2)43(31)50(35-25-21-33(46)22-26-35)36-27-23-34(47)24-28-36/h9-16,19-30H,7-8,17-18H2,1-6H3/q+1. The summed E-state index contributed by atoms with van der Waals surface area (Å²) >= 11 is 12.9. The molecule has 0 spiro atoms. The number of hydrogen-bond donors (Lipinski definition) is 0. The van der Waals surface area contributed by atoms with Crippen LogP contribution in [0.1, 0.15) is 65.5 Å². The Kier molecular flexibility index (Phi) is 9.18. The van der Waals surface area contributed by atoms with Crippen LogP contribution in [-0.4, -0.2) is 18.8 Å². The van der Waals surface area contributed by atoms with Crippen molar-refractivity contribution in [2.45, 2.75) is 65.2 Å². The molecule has 0 radical (unpaired) electrons. The summed E-state index contributed by atoms with van der Waals surface area (Å²) in [5.41, 5.74) is 13.7. The second-order valence-corrected chi connectivity index (χ2v) is 15.3. The van der Waals surface area contributed by atoms with Gasteiger partial charge in [-0.1, -0.05) is 99.4 Å². The van der Waals surface area contributed by atoms with Gasteiger partial charge in [0.15, 0.2) is 0 Å². The average Bonchev–Trinajstić information content (AvgIpc) is 3.69. The molecule has 0 amide bonds. The first kappa shape index (κ1) is 34.2. The third-order valence-corrected chi connectivity index (χ3v) is 11.3. The molecule has 0 bridgehead atoms. The fourth-order valence-electron chi connectivity index (χ4n) is 8.23.